The molecular formula is C17H16FN5OS. The normalized spacial score (nSPS) is 16.6. The molecule has 0 radical (unpaired) electrons. The average Bonchev–Trinajstić information content (AvgIpc) is 3.16. The molecule has 1 unspecified atom stereocenters. The molecule has 0 fully saturated rings. The number of hydrogen-bond acceptors (Lipinski definition) is 7. The predicted molar refractivity (Wildman–Crippen MR) is 93.4 cm³/mol. The van der Waals surface area contributed by atoms with Crippen LogP contribution in [0.1, 0.15) is 24.2 Å². The van der Waals surface area contributed by atoms with Gasteiger partial charge in [0, 0.05) is 48.4 Å². The quantitative estimate of drug-likeness (QED) is 0.671. The molecule has 0 aromatic carbocycles. The van der Waals surface area contributed by atoms with Crippen molar-refractivity contribution in [3.05, 3.63) is 47.1 Å². The third-order valence-electron chi connectivity index (χ3n) is 4.31. The van der Waals surface area contributed by atoms with Gasteiger partial charge in [-0.3, -0.25) is 0 Å². The second-order valence-corrected chi connectivity index (χ2v) is 6.63. The summed E-state index contributed by atoms with van der Waals surface area (Å²) in [6, 6.07) is 3.01. The standard InChI is InChI=1S/C17H16FN5OS/c1-10-12-9-20-16(17-19-4-6-25-17)21-13(12)3-5-23(10)15-8-11(24-2)7-14(18)22-15/h4,6-10H,3,5H2,1-2H3. The number of hydrogen-bond donors (Lipinski definition) is 0. The van der Waals surface area contributed by atoms with Crippen molar-refractivity contribution in [2.75, 3.05) is 18.6 Å². The zero-order chi connectivity index (χ0) is 17.4. The molecule has 0 aliphatic carbocycles. The van der Waals surface area contributed by atoms with E-state index in [0.717, 1.165) is 22.7 Å². The molecule has 1 aliphatic rings. The van der Waals surface area contributed by atoms with Crippen LogP contribution in [-0.4, -0.2) is 33.6 Å². The second kappa shape index (κ2) is 6.36. The van der Waals surface area contributed by atoms with E-state index in [1.807, 2.05) is 23.4 Å². The Morgan fingerprint density at radius 2 is 2.16 bits per heavy atom. The Bertz CT molecular complexity index is 902. The van der Waals surface area contributed by atoms with Gasteiger partial charge in [0.2, 0.25) is 5.95 Å². The number of halogens is 1. The Morgan fingerprint density at radius 3 is 2.92 bits per heavy atom. The topological polar surface area (TPSA) is 64.0 Å². The summed E-state index contributed by atoms with van der Waals surface area (Å²) in [5.74, 6) is 1.11. The summed E-state index contributed by atoms with van der Waals surface area (Å²) in [6.07, 6.45) is 4.32. The lowest BCUT2D eigenvalue weighted by Crippen LogP contribution is -2.35. The monoisotopic (exact) mass is 357 g/mol. The Morgan fingerprint density at radius 1 is 1.28 bits per heavy atom. The number of methoxy groups -OCH3 is 1. The molecule has 0 spiro atoms. The van der Waals surface area contributed by atoms with Gasteiger partial charge in [0.15, 0.2) is 10.8 Å². The Hall–Kier alpha value is -2.61. The molecule has 0 amide bonds. The van der Waals surface area contributed by atoms with Gasteiger partial charge in [0.25, 0.3) is 0 Å². The third kappa shape index (κ3) is 2.93. The largest absolute Gasteiger partial charge is 0.496 e. The van der Waals surface area contributed by atoms with Crippen molar-refractivity contribution in [3.8, 4) is 16.6 Å². The zero-order valence-corrected chi connectivity index (χ0v) is 14.6. The molecule has 0 bridgehead atoms. The van der Waals surface area contributed by atoms with Crippen molar-refractivity contribution >= 4 is 17.2 Å². The van der Waals surface area contributed by atoms with E-state index in [-0.39, 0.29) is 6.04 Å². The van der Waals surface area contributed by atoms with Crippen LogP contribution in [-0.2, 0) is 6.42 Å². The van der Waals surface area contributed by atoms with Gasteiger partial charge < -0.3 is 9.64 Å². The van der Waals surface area contributed by atoms with Crippen molar-refractivity contribution in [1.29, 1.82) is 0 Å². The van der Waals surface area contributed by atoms with E-state index in [1.54, 1.807) is 12.3 Å². The predicted octanol–water partition coefficient (Wildman–Crippen LogP) is 3.27. The van der Waals surface area contributed by atoms with Crippen LogP contribution in [0.5, 0.6) is 5.75 Å². The van der Waals surface area contributed by atoms with E-state index in [1.165, 1.54) is 24.5 Å². The smallest absolute Gasteiger partial charge is 0.218 e. The number of anilines is 1. The maximum Gasteiger partial charge on any atom is 0.218 e. The molecule has 3 aromatic heterocycles. The van der Waals surface area contributed by atoms with Gasteiger partial charge >= 0.3 is 0 Å². The summed E-state index contributed by atoms with van der Waals surface area (Å²) in [5, 5.41) is 2.72. The Labute approximate surface area is 148 Å². The van der Waals surface area contributed by atoms with Crippen molar-refractivity contribution in [1.82, 2.24) is 19.9 Å². The molecule has 1 atom stereocenters. The summed E-state index contributed by atoms with van der Waals surface area (Å²) in [5.41, 5.74) is 2.03. The van der Waals surface area contributed by atoms with Crippen LogP contribution in [0.4, 0.5) is 10.2 Å². The first kappa shape index (κ1) is 15.9. The first-order chi connectivity index (χ1) is 12.2. The van der Waals surface area contributed by atoms with Gasteiger partial charge in [-0.1, -0.05) is 0 Å². The highest BCUT2D eigenvalue weighted by molar-refractivity contribution is 7.12. The fourth-order valence-corrected chi connectivity index (χ4v) is 3.61. The molecule has 0 saturated heterocycles. The van der Waals surface area contributed by atoms with E-state index in [2.05, 4.69) is 19.9 Å². The van der Waals surface area contributed by atoms with Crippen LogP contribution in [0.3, 0.4) is 0 Å². The van der Waals surface area contributed by atoms with Crippen molar-refractivity contribution in [3.63, 3.8) is 0 Å². The maximum atomic E-state index is 13.8. The maximum absolute atomic E-state index is 13.8. The summed E-state index contributed by atoms with van der Waals surface area (Å²) >= 11 is 1.52. The van der Waals surface area contributed by atoms with Crippen molar-refractivity contribution < 1.29 is 9.13 Å². The molecule has 0 saturated carbocycles. The summed E-state index contributed by atoms with van der Waals surface area (Å²) in [6.45, 7) is 2.74. The molecule has 4 heterocycles. The van der Waals surface area contributed by atoms with Crippen molar-refractivity contribution in [2.45, 2.75) is 19.4 Å². The second-order valence-electron chi connectivity index (χ2n) is 5.74. The molecule has 128 valence electrons. The molecule has 3 aromatic rings. The highest BCUT2D eigenvalue weighted by atomic mass is 32.1. The van der Waals surface area contributed by atoms with Crippen LogP contribution < -0.4 is 9.64 Å². The summed E-state index contributed by atoms with van der Waals surface area (Å²) in [4.78, 5) is 19.5. The van der Waals surface area contributed by atoms with E-state index in [0.29, 0.717) is 23.9 Å². The van der Waals surface area contributed by atoms with Crippen LogP contribution in [0, 0.1) is 5.95 Å². The van der Waals surface area contributed by atoms with Crippen LogP contribution >= 0.6 is 11.3 Å². The lowest BCUT2D eigenvalue weighted by atomic mass is 9.99. The fraction of sp³-hybridized carbons (Fsp3) is 0.294. The number of fused-ring (bicyclic) bond motifs is 1. The summed E-state index contributed by atoms with van der Waals surface area (Å²) < 4.78 is 18.9. The van der Waals surface area contributed by atoms with Crippen LogP contribution in [0.25, 0.3) is 10.8 Å². The molecule has 4 rings (SSSR count). The first-order valence-corrected chi connectivity index (χ1v) is 8.77. The molecule has 25 heavy (non-hydrogen) atoms. The molecule has 8 heteroatoms. The number of thiazole rings is 1. The van der Waals surface area contributed by atoms with Gasteiger partial charge in [-0.15, -0.1) is 11.3 Å². The average molecular weight is 357 g/mol. The summed E-state index contributed by atoms with van der Waals surface area (Å²) in [7, 11) is 1.52. The Balaban J connectivity index is 1.67. The van der Waals surface area contributed by atoms with E-state index >= 15 is 0 Å². The lowest BCUT2D eigenvalue weighted by Gasteiger charge is -2.35. The third-order valence-corrected chi connectivity index (χ3v) is 5.08. The molecule has 6 nitrogen and oxygen atoms in total. The van der Waals surface area contributed by atoms with Crippen molar-refractivity contribution in [2.24, 2.45) is 0 Å². The number of pyridine rings is 1. The van der Waals surface area contributed by atoms with Gasteiger partial charge in [0.1, 0.15) is 11.6 Å². The number of rotatable bonds is 3. The van der Waals surface area contributed by atoms with E-state index in [9.17, 15) is 4.39 Å². The molecular weight excluding hydrogens is 341 g/mol. The lowest BCUT2D eigenvalue weighted by molar-refractivity contribution is 0.408. The Kier molecular flexibility index (Phi) is 4.04. The highest BCUT2D eigenvalue weighted by Crippen LogP contribution is 2.33. The van der Waals surface area contributed by atoms with Crippen LogP contribution in [0.2, 0.25) is 0 Å². The van der Waals surface area contributed by atoms with Gasteiger partial charge in [-0.2, -0.15) is 4.39 Å². The van der Waals surface area contributed by atoms with Gasteiger partial charge in [-0.05, 0) is 6.92 Å². The van der Waals surface area contributed by atoms with E-state index < -0.39 is 5.95 Å². The SMILES string of the molecule is COc1cc(F)nc(N2CCc3nc(-c4nccs4)ncc3C2C)c1. The molecule has 1 aliphatic heterocycles. The number of ether oxygens (including phenoxy) is 1. The number of aromatic nitrogens is 4. The van der Waals surface area contributed by atoms with Gasteiger partial charge in [0.05, 0.1) is 18.8 Å². The number of nitrogens with zero attached hydrogens (tertiary/aromatic N) is 5. The fourth-order valence-electron chi connectivity index (χ4n) is 3.04. The molecule has 0 N–H and O–H groups in total. The minimum absolute atomic E-state index is 0.00639. The van der Waals surface area contributed by atoms with Gasteiger partial charge in [-0.25, -0.2) is 19.9 Å². The first-order valence-electron chi connectivity index (χ1n) is 7.89. The highest BCUT2D eigenvalue weighted by Gasteiger charge is 2.27. The van der Waals surface area contributed by atoms with Crippen LogP contribution in [0.15, 0.2) is 29.9 Å². The minimum atomic E-state index is -0.553. The zero-order valence-electron chi connectivity index (χ0n) is 13.8. The minimum Gasteiger partial charge on any atom is -0.496 e. The van der Waals surface area contributed by atoms with E-state index in [4.69, 9.17) is 4.74 Å².